The minimum atomic E-state index is -3.47. The smallest absolute Gasteiger partial charge is 0.314 e. The van der Waals surface area contributed by atoms with Gasteiger partial charge in [0.15, 0.2) is 9.84 Å². The van der Waals surface area contributed by atoms with Gasteiger partial charge in [0.05, 0.1) is 28.4 Å². The number of nitrogens with zero attached hydrogens (tertiary/aromatic N) is 1. The summed E-state index contributed by atoms with van der Waals surface area (Å²) >= 11 is 0. The molecule has 27 heavy (non-hydrogen) atoms. The number of carbonyl (C=O) groups excluding carboxylic acids is 2. The Balaban J connectivity index is 1.90. The zero-order chi connectivity index (χ0) is 20.0. The van der Waals surface area contributed by atoms with Gasteiger partial charge in [-0.05, 0) is 63.6 Å². The lowest BCUT2D eigenvalue weighted by atomic mass is 10.1. The van der Waals surface area contributed by atoms with Crippen molar-refractivity contribution < 1.29 is 22.7 Å². The van der Waals surface area contributed by atoms with E-state index in [-0.39, 0.29) is 22.6 Å². The second kappa shape index (κ2) is 6.64. The number of methoxy groups -OCH3 is 1. The number of benzene rings is 1. The van der Waals surface area contributed by atoms with E-state index in [2.05, 4.69) is 0 Å². The van der Waals surface area contributed by atoms with Crippen LogP contribution >= 0.6 is 0 Å². The first-order valence-corrected chi connectivity index (χ1v) is 10.2. The number of ketones is 1. The van der Waals surface area contributed by atoms with Gasteiger partial charge < -0.3 is 9.30 Å². The summed E-state index contributed by atoms with van der Waals surface area (Å²) in [4.78, 5) is 24.9. The highest BCUT2D eigenvalue weighted by Gasteiger charge is 2.33. The van der Waals surface area contributed by atoms with Crippen LogP contribution in [0.3, 0.4) is 0 Å². The first kappa shape index (κ1) is 19.4. The fourth-order valence-corrected chi connectivity index (χ4v) is 4.51. The Bertz CT molecular complexity index is 994. The Morgan fingerprint density at radius 2 is 1.70 bits per heavy atom. The number of sulfone groups is 1. The molecule has 144 valence electrons. The lowest BCUT2D eigenvalue weighted by molar-refractivity contribution is -0.142. The summed E-state index contributed by atoms with van der Waals surface area (Å²) in [6.07, 6.45) is 0.603. The van der Waals surface area contributed by atoms with E-state index in [0.717, 1.165) is 5.69 Å². The highest BCUT2D eigenvalue weighted by molar-refractivity contribution is 7.92. The highest BCUT2D eigenvalue weighted by Crippen LogP contribution is 2.32. The predicted molar refractivity (Wildman–Crippen MR) is 101 cm³/mol. The fraction of sp³-hybridized carbons (Fsp3) is 0.400. The molecule has 1 aromatic heterocycles. The molecule has 0 N–H and O–H groups in total. The van der Waals surface area contributed by atoms with Crippen molar-refractivity contribution in [3.8, 4) is 0 Å². The van der Waals surface area contributed by atoms with Crippen LogP contribution < -0.4 is 0 Å². The average Bonchev–Trinajstić information content (AvgIpc) is 3.21. The molecule has 2 heterocycles. The predicted octanol–water partition coefficient (Wildman–Crippen LogP) is 2.95. The minimum Gasteiger partial charge on any atom is -0.469 e. The molecule has 7 heteroatoms. The van der Waals surface area contributed by atoms with Gasteiger partial charge >= 0.3 is 5.97 Å². The minimum absolute atomic E-state index is 0.192. The van der Waals surface area contributed by atoms with Gasteiger partial charge in [-0.25, -0.2) is 8.42 Å². The zero-order valence-corrected chi connectivity index (χ0v) is 16.7. The van der Waals surface area contributed by atoms with Gasteiger partial charge in [-0.1, -0.05) is 0 Å². The highest BCUT2D eigenvalue weighted by atomic mass is 32.2. The first-order chi connectivity index (χ1) is 12.6. The topological polar surface area (TPSA) is 82.4 Å². The zero-order valence-electron chi connectivity index (χ0n) is 15.9. The summed E-state index contributed by atoms with van der Waals surface area (Å²) in [6.45, 7) is 5.49. The van der Waals surface area contributed by atoms with E-state index in [9.17, 15) is 18.0 Å². The molecule has 1 unspecified atom stereocenters. The molecule has 0 spiro atoms. The number of fused-ring (bicyclic) bond motifs is 1. The van der Waals surface area contributed by atoms with Crippen LogP contribution in [0.2, 0.25) is 0 Å². The van der Waals surface area contributed by atoms with Crippen molar-refractivity contribution in [3.63, 3.8) is 0 Å². The van der Waals surface area contributed by atoms with Gasteiger partial charge in [0.25, 0.3) is 0 Å². The molecule has 1 aromatic carbocycles. The summed E-state index contributed by atoms with van der Waals surface area (Å²) < 4.78 is 30.8. The van der Waals surface area contributed by atoms with Crippen molar-refractivity contribution in [1.29, 1.82) is 0 Å². The van der Waals surface area contributed by atoms with Gasteiger partial charge in [-0.15, -0.1) is 0 Å². The molecule has 0 bridgehead atoms. The van der Waals surface area contributed by atoms with Gasteiger partial charge in [0.2, 0.25) is 5.78 Å². The normalized spacial score (nSPS) is 16.8. The van der Waals surface area contributed by atoms with Gasteiger partial charge in [0, 0.05) is 17.8 Å². The molecule has 0 saturated heterocycles. The SMILES string of the molecule is COC(=O)C1CCn2c(C(=O)c3ccc(S(=O)(=O)C(C)(C)C)cc3)ccc21. The number of aromatic nitrogens is 1. The second-order valence-corrected chi connectivity index (χ2v) is 10.3. The standard InChI is InChI=1S/C20H23NO5S/c1-20(2,3)27(24,25)14-7-5-13(6-8-14)18(22)17-10-9-16-15(19(23)26-4)11-12-21(16)17/h5-10,15H,11-12H2,1-4H3. The quantitative estimate of drug-likeness (QED) is 0.593. The summed E-state index contributed by atoms with van der Waals surface area (Å²) in [6, 6.07) is 9.49. The Kier molecular flexibility index (Phi) is 4.76. The van der Waals surface area contributed by atoms with Crippen LogP contribution in [0.15, 0.2) is 41.3 Å². The summed E-state index contributed by atoms with van der Waals surface area (Å²) in [5, 5.41) is 0. The van der Waals surface area contributed by atoms with Crippen LogP contribution in [0.1, 0.15) is 54.9 Å². The van der Waals surface area contributed by atoms with E-state index in [1.54, 1.807) is 32.9 Å². The number of carbonyl (C=O) groups is 2. The van der Waals surface area contributed by atoms with E-state index < -0.39 is 14.6 Å². The third-order valence-corrected chi connectivity index (χ3v) is 7.47. The summed E-state index contributed by atoms with van der Waals surface area (Å²) in [5.41, 5.74) is 1.67. The van der Waals surface area contributed by atoms with Gasteiger partial charge in [-0.2, -0.15) is 0 Å². The molecule has 1 aliphatic heterocycles. The van der Waals surface area contributed by atoms with E-state index in [1.807, 2.05) is 4.57 Å². The Morgan fingerprint density at radius 3 is 2.26 bits per heavy atom. The average molecular weight is 389 g/mol. The van der Waals surface area contributed by atoms with Gasteiger partial charge in [0.1, 0.15) is 0 Å². The van der Waals surface area contributed by atoms with Gasteiger partial charge in [-0.3, -0.25) is 9.59 Å². The van der Waals surface area contributed by atoms with E-state index in [1.165, 1.54) is 31.4 Å². The molecule has 0 aliphatic carbocycles. The van der Waals surface area contributed by atoms with E-state index in [4.69, 9.17) is 4.74 Å². The number of hydrogen-bond donors (Lipinski definition) is 0. The molecule has 3 rings (SSSR count). The maximum Gasteiger partial charge on any atom is 0.314 e. The van der Waals surface area contributed by atoms with Crippen molar-refractivity contribution in [2.24, 2.45) is 0 Å². The monoisotopic (exact) mass is 389 g/mol. The van der Waals surface area contributed by atoms with Crippen molar-refractivity contribution in [2.75, 3.05) is 7.11 Å². The Hall–Kier alpha value is -2.41. The third-order valence-electron chi connectivity index (χ3n) is 4.96. The third kappa shape index (κ3) is 3.20. The number of rotatable bonds is 4. The largest absolute Gasteiger partial charge is 0.469 e. The molecule has 1 aliphatic rings. The van der Waals surface area contributed by atoms with Crippen LogP contribution in [0.25, 0.3) is 0 Å². The van der Waals surface area contributed by atoms with Crippen LogP contribution in [0, 0.1) is 0 Å². The van der Waals surface area contributed by atoms with Crippen molar-refractivity contribution in [3.05, 3.63) is 53.3 Å². The van der Waals surface area contributed by atoms with Crippen LogP contribution in [0.5, 0.6) is 0 Å². The molecule has 0 saturated carbocycles. The van der Waals surface area contributed by atoms with Crippen LogP contribution in [0.4, 0.5) is 0 Å². The molecule has 0 radical (unpaired) electrons. The number of hydrogen-bond acceptors (Lipinski definition) is 5. The first-order valence-electron chi connectivity index (χ1n) is 8.74. The van der Waals surface area contributed by atoms with E-state index >= 15 is 0 Å². The molecular formula is C20H23NO5S. The molecule has 2 aromatic rings. The van der Waals surface area contributed by atoms with Crippen molar-refractivity contribution >= 4 is 21.6 Å². The fourth-order valence-electron chi connectivity index (χ4n) is 3.31. The van der Waals surface area contributed by atoms with Crippen molar-refractivity contribution in [2.45, 2.75) is 49.3 Å². The van der Waals surface area contributed by atoms with Crippen LogP contribution in [-0.2, 0) is 25.9 Å². The molecular weight excluding hydrogens is 366 g/mol. The summed E-state index contributed by atoms with van der Waals surface area (Å²) in [5.74, 6) is -0.857. The summed E-state index contributed by atoms with van der Waals surface area (Å²) in [7, 11) is -2.12. The lowest BCUT2D eigenvalue weighted by Crippen LogP contribution is -2.27. The second-order valence-electron chi connectivity index (χ2n) is 7.63. The maximum absolute atomic E-state index is 12.9. The Morgan fingerprint density at radius 1 is 1.07 bits per heavy atom. The maximum atomic E-state index is 12.9. The molecule has 0 fully saturated rings. The Labute approximate surface area is 159 Å². The molecule has 1 atom stereocenters. The lowest BCUT2D eigenvalue weighted by Gasteiger charge is -2.19. The van der Waals surface area contributed by atoms with Crippen molar-refractivity contribution in [1.82, 2.24) is 4.57 Å². The van der Waals surface area contributed by atoms with E-state index in [0.29, 0.717) is 24.2 Å². The van der Waals surface area contributed by atoms with Crippen LogP contribution in [-0.4, -0.2) is 36.6 Å². The molecule has 0 amide bonds. The molecule has 6 nitrogen and oxygen atoms in total. The number of ether oxygens (including phenoxy) is 1. The number of esters is 1.